The summed E-state index contributed by atoms with van der Waals surface area (Å²) in [6.07, 6.45) is 5.86. The van der Waals surface area contributed by atoms with E-state index in [1.54, 1.807) is 11.1 Å². The summed E-state index contributed by atoms with van der Waals surface area (Å²) in [4.78, 5) is 0. The Hall–Kier alpha value is -0.730. The van der Waals surface area contributed by atoms with Crippen LogP contribution < -0.4 is 5.32 Å². The van der Waals surface area contributed by atoms with Crippen LogP contribution in [0.1, 0.15) is 23.1 Å². The summed E-state index contributed by atoms with van der Waals surface area (Å²) in [5, 5.41) is 3.50. The minimum absolute atomic E-state index is 1.00. The van der Waals surface area contributed by atoms with Crippen LogP contribution in [0.25, 0.3) is 0 Å². The summed E-state index contributed by atoms with van der Waals surface area (Å²) in [7, 11) is 0. The SMILES string of the molecule is C=CCSCCNCc1ccc2c(c1)CCC2. The van der Waals surface area contributed by atoms with Crippen LogP contribution in [-0.4, -0.2) is 18.1 Å². The van der Waals surface area contributed by atoms with Gasteiger partial charge in [-0.15, -0.1) is 6.58 Å². The van der Waals surface area contributed by atoms with Crippen LogP contribution in [0.2, 0.25) is 0 Å². The predicted octanol–water partition coefficient (Wildman–Crippen LogP) is 3.18. The summed E-state index contributed by atoms with van der Waals surface area (Å²) < 4.78 is 0. The molecular weight excluding hydrogens is 226 g/mol. The van der Waals surface area contributed by atoms with Crippen LogP contribution in [0.4, 0.5) is 0 Å². The zero-order valence-corrected chi connectivity index (χ0v) is 11.2. The maximum Gasteiger partial charge on any atom is 0.0205 e. The summed E-state index contributed by atoms with van der Waals surface area (Å²) >= 11 is 1.93. The first kappa shape index (κ1) is 12.7. The lowest BCUT2D eigenvalue weighted by atomic mass is 10.1. The number of fused-ring (bicyclic) bond motifs is 1. The van der Waals surface area contributed by atoms with Gasteiger partial charge in [-0.25, -0.2) is 0 Å². The Morgan fingerprint density at radius 3 is 3.06 bits per heavy atom. The van der Waals surface area contributed by atoms with Gasteiger partial charge >= 0.3 is 0 Å². The summed E-state index contributed by atoms with van der Waals surface area (Å²) in [5.74, 6) is 2.22. The molecule has 1 nitrogen and oxygen atoms in total. The van der Waals surface area contributed by atoms with Crippen molar-refractivity contribution in [1.82, 2.24) is 5.32 Å². The molecule has 0 saturated carbocycles. The Labute approximate surface area is 109 Å². The van der Waals surface area contributed by atoms with E-state index in [1.807, 2.05) is 17.8 Å². The van der Waals surface area contributed by atoms with Gasteiger partial charge in [-0.1, -0.05) is 24.3 Å². The zero-order valence-electron chi connectivity index (χ0n) is 10.4. The van der Waals surface area contributed by atoms with Gasteiger partial charge in [0.15, 0.2) is 0 Å². The van der Waals surface area contributed by atoms with Crippen molar-refractivity contribution in [3.63, 3.8) is 0 Å². The highest BCUT2D eigenvalue weighted by Crippen LogP contribution is 2.22. The largest absolute Gasteiger partial charge is 0.312 e. The molecule has 1 aromatic carbocycles. The molecule has 0 amide bonds. The lowest BCUT2D eigenvalue weighted by Crippen LogP contribution is -2.16. The van der Waals surface area contributed by atoms with Crippen LogP contribution >= 0.6 is 11.8 Å². The molecule has 0 spiro atoms. The minimum atomic E-state index is 1.00. The monoisotopic (exact) mass is 247 g/mol. The molecule has 0 radical (unpaired) electrons. The molecule has 1 aliphatic carbocycles. The average molecular weight is 247 g/mol. The Bertz CT molecular complexity index is 373. The van der Waals surface area contributed by atoms with Crippen molar-refractivity contribution in [3.8, 4) is 0 Å². The number of nitrogens with one attached hydrogen (secondary N) is 1. The van der Waals surface area contributed by atoms with E-state index in [-0.39, 0.29) is 0 Å². The van der Waals surface area contributed by atoms with Crippen molar-refractivity contribution in [2.75, 3.05) is 18.1 Å². The van der Waals surface area contributed by atoms with E-state index in [4.69, 9.17) is 0 Å². The molecule has 0 heterocycles. The summed E-state index contributed by atoms with van der Waals surface area (Å²) in [6, 6.07) is 6.96. The molecule has 0 aromatic heterocycles. The normalized spacial score (nSPS) is 13.6. The van der Waals surface area contributed by atoms with E-state index < -0.39 is 0 Å². The molecular formula is C15H21NS. The molecule has 0 aliphatic heterocycles. The molecule has 1 aromatic rings. The van der Waals surface area contributed by atoms with Crippen molar-refractivity contribution in [2.24, 2.45) is 0 Å². The number of rotatable bonds is 7. The van der Waals surface area contributed by atoms with Crippen molar-refractivity contribution < 1.29 is 0 Å². The number of hydrogen-bond acceptors (Lipinski definition) is 2. The van der Waals surface area contributed by atoms with Crippen LogP contribution in [-0.2, 0) is 19.4 Å². The standard InChI is InChI=1S/C15H21NS/c1-2-9-17-10-8-16-12-13-6-7-14-4-3-5-15(14)11-13/h2,6-7,11,16H,1,3-5,8-10,12H2. The topological polar surface area (TPSA) is 12.0 Å². The van der Waals surface area contributed by atoms with E-state index >= 15 is 0 Å². The number of aryl methyl sites for hydroxylation is 2. The molecule has 1 aliphatic rings. The van der Waals surface area contributed by atoms with Gasteiger partial charge in [0.25, 0.3) is 0 Å². The van der Waals surface area contributed by atoms with Gasteiger partial charge < -0.3 is 5.32 Å². The number of thioether (sulfide) groups is 1. The summed E-state index contributed by atoms with van der Waals surface area (Å²) in [6.45, 7) is 5.80. The van der Waals surface area contributed by atoms with Gasteiger partial charge in [-0.05, 0) is 36.0 Å². The Kier molecular flexibility index (Phi) is 5.14. The first-order valence-electron chi connectivity index (χ1n) is 6.40. The molecule has 0 fully saturated rings. The number of benzene rings is 1. The summed E-state index contributed by atoms with van der Waals surface area (Å²) in [5.41, 5.74) is 4.57. The van der Waals surface area contributed by atoms with Gasteiger partial charge in [0.05, 0.1) is 0 Å². The van der Waals surface area contributed by atoms with Crippen molar-refractivity contribution in [2.45, 2.75) is 25.8 Å². The molecule has 0 atom stereocenters. The van der Waals surface area contributed by atoms with Crippen LogP contribution in [0.15, 0.2) is 30.9 Å². The van der Waals surface area contributed by atoms with Crippen molar-refractivity contribution in [1.29, 1.82) is 0 Å². The van der Waals surface area contributed by atoms with Crippen molar-refractivity contribution >= 4 is 11.8 Å². The third-order valence-electron chi connectivity index (χ3n) is 3.15. The van der Waals surface area contributed by atoms with Crippen LogP contribution in [0.5, 0.6) is 0 Å². The molecule has 1 N–H and O–H groups in total. The third-order valence-corrected chi connectivity index (χ3v) is 4.12. The third kappa shape index (κ3) is 3.90. The molecule has 2 rings (SSSR count). The second-order valence-corrected chi connectivity index (χ2v) is 5.65. The van der Waals surface area contributed by atoms with Gasteiger partial charge in [0.1, 0.15) is 0 Å². The lowest BCUT2D eigenvalue weighted by molar-refractivity contribution is 0.731. The Morgan fingerprint density at radius 2 is 2.18 bits per heavy atom. The zero-order chi connectivity index (χ0) is 11.9. The van der Waals surface area contributed by atoms with E-state index in [2.05, 4.69) is 30.1 Å². The molecule has 0 unspecified atom stereocenters. The smallest absolute Gasteiger partial charge is 0.0205 e. The quantitative estimate of drug-likeness (QED) is 0.586. The maximum absolute atomic E-state index is 3.72. The first-order valence-corrected chi connectivity index (χ1v) is 7.55. The second kappa shape index (κ2) is 6.87. The fourth-order valence-electron chi connectivity index (χ4n) is 2.28. The maximum atomic E-state index is 3.72. The van der Waals surface area contributed by atoms with Gasteiger partial charge in [-0.2, -0.15) is 11.8 Å². The minimum Gasteiger partial charge on any atom is -0.312 e. The van der Waals surface area contributed by atoms with E-state index in [0.29, 0.717) is 0 Å². The highest BCUT2D eigenvalue weighted by molar-refractivity contribution is 7.99. The average Bonchev–Trinajstić information content (AvgIpc) is 2.81. The molecule has 2 heteroatoms. The van der Waals surface area contributed by atoms with E-state index in [9.17, 15) is 0 Å². The second-order valence-electron chi connectivity index (χ2n) is 4.50. The van der Waals surface area contributed by atoms with Crippen molar-refractivity contribution in [3.05, 3.63) is 47.5 Å². The lowest BCUT2D eigenvalue weighted by Gasteiger charge is -2.06. The highest BCUT2D eigenvalue weighted by atomic mass is 32.2. The van der Waals surface area contributed by atoms with Gasteiger partial charge in [0.2, 0.25) is 0 Å². The fourth-order valence-corrected chi connectivity index (χ4v) is 2.90. The van der Waals surface area contributed by atoms with E-state index in [0.717, 1.165) is 24.6 Å². The molecule has 17 heavy (non-hydrogen) atoms. The Morgan fingerprint density at radius 1 is 1.29 bits per heavy atom. The molecule has 0 saturated heterocycles. The fraction of sp³-hybridized carbons (Fsp3) is 0.467. The van der Waals surface area contributed by atoms with E-state index in [1.165, 1.54) is 24.8 Å². The van der Waals surface area contributed by atoms with Gasteiger partial charge in [0, 0.05) is 24.6 Å². The van der Waals surface area contributed by atoms with Crippen LogP contribution in [0.3, 0.4) is 0 Å². The molecule has 92 valence electrons. The number of hydrogen-bond donors (Lipinski definition) is 1. The predicted molar refractivity (Wildman–Crippen MR) is 77.7 cm³/mol. The highest BCUT2D eigenvalue weighted by Gasteiger charge is 2.10. The molecule has 0 bridgehead atoms. The van der Waals surface area contributed by atoms with Crippen LogP contribution in [0, 0.1) is 0 Å². The Balaban J connectivity index is 1.70. The van der Waals surface area contributed by atoms with Gasteiger partial charge in [-0.3, -0.25) is 0 Å². The first-order chi connectivity index (χ1) is 8.40.